The van der Waals surface area contributed by atoms with E-state index in [1.807, 2.05) is 31.2 Å². The van der Waals surface area contributed by atoms with Crippen molar-refractivity contribution in [2.24, 2.45) is 11.6 Å². The van der Waals surface area contributed by atoms with Crippen LogP contribution in [0.15, 0.2) is 24.3 Å². The van der Waals surface area contributed by atoms with Gasteiger partial charge in [-0.2, -0.15) is 5.90 Å². The van der Waals surface area contributed by atoms with Crippen LogP contribution in [0, 0.1) is 6.92 Å². The zero-order valence-corrected chi connectivity index (χ0v) is 8.07. The minimum atomic E-state index is -0.692. The predicted octanol–water partition coefficient (Wildman–Crippen LogP) is 0.282. The van der Waals surface area contributed by atoms with Gasteiger partial charge in [-0.25, -0.2) is 4.79 Å². The summed E-state index contributed by atoms with van der Waals surface area (Å²) in [5.74, 6) is 4.13. The molecule has 0 aliphatic rings. The zero-order valence-electron chi connectivity index (χ0n) is 8.07. The highest BCUT2D eigenvalue weighted by Crippen LogP contribution is 2.05. The second-order valence-electron chi connectivity index (χ2n) is 3.23. The first-order valence-corrected chi connectivity index (χ1v) is 4.35. The summed E-state index contributed by atoms with van der Waals surface area (Å²) in [5.41, 5.74) is 7.71. The molecule has 0 amide bonds. The first-order chi connectivity index (χ1) is 6.63. The van der Waals surface area contributed by atoms with Gasteiger partial charge >= 0.3 is 5.97 Å². The average Bonchev–Trinajstić information content (AvgIpc) is 2.20. The van der Waals surface area contributed by atoms with E-state index in [2.05, 4.69) is 4.84 Å². The second kappa shape index (κ2) is 4.74. The van der Waals surface area contributed by atoms with E-state index in [0.717, 1.165) is 5.56 Å². The van der Waals surface area contributed by atoms with Crippen LogP contribution in [0.2, 0.25) is 0 Å². The Morgan fingerprint density at radius 3 is 2.50 bits per heavy atom. The first-order valence-electron chi connectivity index (χ1n) is 4.35. The van der Waals surface area contributed by atoms with Gasteiger partial charge in [0.05, 0.1) is 0 Å². The van der Waals surface area contributed by atoms with E-state index in [1.165, 1.54) is 5.56 Å². The topological polar surface area (TPSA) is 78.3 Å². The summed E-state index contributed by atoms with van der Waals surface area (Å²) in [6.45, 7) is 2.00. The molecule has 4 heteroatoms. The van der Waals surface area contributed by atoms with Crippen LogP contribution in [0.25, 0.3) is 0 Å². The Kier molecular flexibility index (Phi) is 3.62. The van der Waals surface area contributed by atoms with E-state index in [-0.39, 0.29) is 0 Å². The number of carbonyl (C=O) groups excluding carboxylic acids is 1. The number of nitrogens with two attached hydrogens (primary N) is 2. The molecule has 0 bridgehead atoms. The highest BCUT2D eigenvalue weighted by atomic mass is 16.7. The molecule has 0 aliphatic carbocycles. The lowest BCUT2D eigenvalue weighted by atomic mass is 10.1. The van der Waals surface area contributed by atoms with Gasteiger partial charge in [0.25, 0.3) is 0 Å². The van der Waals surface area contributed by atoms with Crippen molar-refractivity contribution in [2.75, 3.05) is 0 Å². The minimum absolute atomic E-state index is 0.441. The summed E-state index contributed by atoms with van der Waals surface area (Å²) in [6.07, 6.45) is 0.441. The smallest absolute Gasteiger partial charge is 0.341 e. The number of aryl methyl sites for hydroxylation is 1. The highest BCUT2D eigenvalue weighted by Gasteiger charge is 2.14. The van der Waals surface area contributed by atoms with Crippen molar-refractivity contribution in [3.05, 3.63) is 35.4 Å². The van der Waals surface area contributed by atoms with Crippen LogP contribution in [0.3, 0.4) is 0 Å². The minimum Gasteiger partial charge on any atom is -0.372 e. The zero-order chi connectivity index (χ0) is 10.6. The number of rotatable bonds is 3. The molecular formula is C10H14N2O2. The molecule has 0 unspecified atom stereocenters. The third kappa shape index (κ3) is 2.83. The molecule has 0 fully saturated rings. The van der Waals surface area contributed by atoms with Crippen LogP contribution in [-0.4, -0.2) is 12.0 Å². The Morgan fingerprint density at radius 1 is 1.43 bits per heavy atom. The van der Waals surface area contributed by atoms with Crippen molar-refractivity contribution >= 4 is 5.97 Å². The lowest BCUT2D eigenvalue weighted by Crippen LogP contribution is -2.35. The van der Waals surface area contributed by atoms with Gasteiger partial charge in [0.2, 0.25) is 0 Å². The Bertz CT molecular complexity index is 308. The quantitative estimate of drug-likeness (QED) is 0.677. The number of carbonyl (C=O) groups is 1. The lowest BCUT2D eigenvalue weighted by molar-refractivity contribution is -0.145. The maximum Gasteiger partial charge on any atom is 0.341 e. The standard InChI is InChI=1S/C10H14N2O2/c1-7-2-4-8(5-3-7)6-9(11)10(13)14-12/h2-5,9H,6,11-12H2,1H3/t9-/m0/s1. The number of hydrogen-bond donors (Lipinski definition) is 2. The van der Waals surface area contributed by atoms with Crippen LogP contribution in [0.1, 0.15) is 11.1 Å². The molecule has 1 rings (SSSR count). The summed E-state index contributed by atoms with van der Waals surface area (Å²) < 4.78 is 0. The second-order valence-corrected chi connectivity index (χ2v) is 3.23. The van der Waals surface area contributed by atoms with Crippen molar-refractivity contribution < 1.29 is 9.63 Å². The predicted molar refractivity (Wildman–Crippen MR) is 53.1 cm³/mol. The summed E-state index contributed by atoms with van der Waals surface area (Å²) in [4.78, 5) is 15.0. The molecule has 0 radical (unpaired) electrons. The van der Waals surface area contributed by atoms with Crippen molar-refractivity contribution in [3.63, 3.8) is 0 Å². The molecule has 0 heterocycles. The van der Waals surface area contributed by atoms with E-state index >= 15 is 0 Å². The monoisotopic (exact) mass is 194 g/mol. The molecule has 0 saturated carbocycles. The normalized spacial score (nSPS) is 12.2. The summed E-state index contributed by atoms with van der Waals surface area (Å²) in [5, 5.41) is 0. The molecule has 4 nitrogen and oxygen atoms in total. The number of hydrogen-bond acceptors (Lipinski definition) is 4. The number of benzene rings is 1. The van der Waals surface area contributed by atoms with Gasteiger partial charge in [0.1, 0.15) is 6.04 Å². The molecule has 1 atom stereocenters. The SMILES string of the molecule is Cc1ccc(C[C@H](N)C(=O)ON)cc1. The fourth-order valence-corrected chi connectivity index (χ4v) is 1.15. The van der Waals surface area contributed by atoms with Crippen LogP contribution < -0.4 is 11.6 Å². The maximum atomic E-state index is 10.9. The third-order valence-corrected chi connectivity index (χ3v) is 2.00. The van der Waals surface area contributed by atoms with Gasteiger partial charge in [-0.1, -0.05) is 29.8 Å². The molecule has 0 aromatic heterocycles. The van der Waals surface area contributed by atoms with Gasteiger partial charge < -0.3 is 10.6 Å². The van der Waals surface area contributed by atoms with E-state index < -0.39 is 12.0 Å². The summed E-state index contributed by atoms with van der Waals surface area (Å²) >= 11 is 0. The van der Waals surface area contributed by atoms with Crippen LogP contribution in [-0.2, 0) is 16.1 Å². The van der Waals surface area contributed by atoms with Gasteiger partial charge in [-0.05, 0) is 18.9 Å². The Labute approximate surface area is 82.8 Å². The Morgan fingerprint density at radius 2 is 2.00 bits per heavy atom. The van der Waals surface area contributed by atoms with Gasteiger partial charge in [-0.15, -0.1) is 0 Å². The van der Waals surface area contributed by atoms with E-state index in [4.69, 9.17) is 11.6 Å². The molecule has 1 aromatic rings. The highest BCUT2D eigenvalue weighted by molar-refractivity contribution is 5.75. The molecule has 14 heavy (non-hydrogen) atoms. The van der Waals surface area contributed by atoms with Crippen molar-refractivity contribution in [3.8, 4) is 0 Å². The average molecular weight is 194 g/mol. The fourth-order valence-electron chi connectivity index (χ4n) is 1.15. The summed E-state index contributed by atoms with van der Waals surface area (Å²) in [7, 11) is 0. The molecule has 76 valence electrons. The van der Waals surface area contributed by atoms with Gasteiger partial charge in [0.15, 0.2) is 0 Å². The van der Waals surface area contributed by atoms with E-state index in [9.17, 15) is 4.79 Å². The van der Waals surface area contributed by atoms with E-state index in [1.54, 1.807) is 0 Å². The maximum absolute atomic E-state index is 10.9. The lowest BCUT2D eigenvalue weighted by Gasteiger charge is -2.08. The Balaban J connectivity index is 2.60. The first kappa shape index (κ1) is 10.7. The largest absolute Gasteiger partial charge is 0.372 e. The molecule has 0 aliphatic heterocycles. The Hall–Kier alpha value is -1.39. The molecular weight excluding hydrogens is 180 g/mol. The fraction of sp³-hybridized carbons (Fsp3) is 0.300. The van der Waals surface area contributed by atoms with Gasteiger partial charge in [-0.3, -0.25) is 0 Å². The van der Waals surface area contributed by atoms with Crippen molar-refractivity contribution in [1.82, 2.24) is 0 Å². The van der Waals surface area contributed by atoms with Crippen molar-refractivity contribution in [2.45, 2.75) is 19.4 Å². The molecule has 1 aromatic carbocycles. The van der Waals surface area contributed by atoms with Crippen LogP contribution in [0.4, 0.5) is 0 Å². The van der Waals surface area contributed by atoms with E-state index in [0.29, 0.717) is 6.42 Å². The molecule has 4 N–H and O–H groups in total. The van der Waals surface area contributed by atoms with Gasteiger partial charge in [0, 0.05) is 0 Å². The summed E-state index contributed by atoms with van der Waals surface area (Å²) in [6, 6.07) is 7.10. The molecule has 0 saturated heterocycles. The van der Waals surface area contributed by atoms with Crippen molar-refractivity contribution in [1.29, 1.82) is 0 Å². The van der Waals surface area contributed by atoms with Crippen LogP contribution >= 0.6 is 0 Å². The van der Waals surface area contributed by atoms with Crippen LogP contribution in [0.5, 0.6) is 0 Å². The molecule has 0 spiro atoms. The third-order valence-electron chi connectivity index (χ3n) is 2.00.